The number of ether oxygens (including phenoxy) is 1. The third-order valence-electron chi connectivity index (χ3n) is 3.03. The third kappa shape index (κ3) is 8.50. The second kappa shape index (κ2) is 8.24. The Balaban J connectivity index is 2.32. The third-order valence-corrected chi connectivity index (χ3v) is 3.03. The topological polar surface area (TPSA) is 50.4 Å². The molecule has 0 fully saturated rings. The molecule has 0 unspecified atom stereocenters. The number of halogens is 2. The molecule has 1 rings (SSSR count). The summed E-state index contributed by atoms with van der Waals surface area (Å²) >= 11 is 0. The Morgan fingerprint density at radius 1 is 1.09 bits per heavy atom. The molecule has 0 heterocycles. The first-order valence-electron chi connectivity index (χ1n) is 7.74. The Morgan fingerprint density at radius 2 is 1.65 bits per heavy atom. The van der Waals surface area contributed by atoms with E-state index in [0.29, 0.717) is 6.54 Å². The van der Waals surface area contributed by atoms with E-state index in [1.165, 1.54) is 5.56 Å². The van der Waals surface area contributed by atoms with Gasteiger partial charge in [0.05, 0.1) is 13.1 Å². The molecule has 0 saturated heterocycles. The molecule has 130 valence electrons. The molecule has 0 aliphatic carbocycles. The summed E-state index contributed by atoms with van der Waals surface area (Å²) in [6.45, 7) is 6.17. The van der Waals surface area contributed by atoms with Crippen LogP contribution in [0.4, 0.5) is 13.6 Å². The predicted octanol–water partition coefficient (Wildman–Crippen LogP) is 3.50. The Bertz CT molecular complexity index is 496. The molecule has 0 aliphatic rings. The number of aryl methyl sites for hydroxylation is 1. The first-order valence-corrected chi connectivity index (χ1v) is 7.74. The van der Waals surface area contributed by atoms with Gasteiger partial charge in [-0.1, -0.05) is 31.2 Å². The van der Waals surface area contributed by atoms with Crippen LogP contribution in [0, 0.1) is 0 Å². The molecule has 0 aliphatic heterocycles. The second-order valence-corrected chi connectivity index (χ2v) is 6.48. The van der Waals surface area contributed by atoms with E-state index in [4.69, 9.17) is 4.74 Å². The molecule has 0 saturated carbocycles. The molecule has 1 aromatic carbocycles. The Labute approximate surface area is 136 Å². The van der Waals surface area contributed by atoms with Crippen LogP contribution < -0.4 is 10.6 Å². The molecule has 0 atom stereocenters. The summed E-state index contributed by atoms with van der Waals surface area (Å²) in [6.07, 6.45) is 0.106. The van der Waals surface area contributed by atoms with Gasteiger partial charge in [-0.3, -0.25) is 0 Å². The van der Waals surface area contributed by atoms with Crippen LogP contribution >= 0.6 is 0 Å². The minimum atomic E-state index is -3.04. The summed E-state index contributed by atoms with van der Waals surface area (Å²) in [6, 6.07) is 7.81. The molecule has 0 aromatic heterocycles. The number of benzene rings is 1. The van der Waals surface area contributed by atoms with Gasteiger partial charge in [-0.15, -0.1) is 0 Å². The zero-order valence-electron chi connectivity index (χ0n) is 14.2. The highest BCUT2D eigenvalue weighted by molar-refractivity contribution is 5.67. The largest absolute Gasteiger partial charge is 0.444 e. The van der Waals surface area contributed by atoms with Gasteiger partial charge in [0.15, 0.2) is 0 Å². The lowest BCUT2D eigenvalue weighted by atomic mass is 10.1. The molecule has 23 heavy (non-hydrogen) atoms. The zero-order valence-corrected chi connectivity index (χ0v) is 14.2. The van der Waals surface area contributed by atoms with Crippen molar-refractivity contribution in [2.24, 2.45) is 0 Å². The first-order chi connectivity index (χ1) is 10.6. The van der Waals surface area contributed by atoms with Crippen LogP contribution in [0.3, 0.4) is 0 Å². The quantitative estimate of drug-likeness (QED) is 0.805. The molecule has 6 heteroatoms. The molecular weight excluding hydrogens is 302 g/mol. The van der Waals surface area contributed by atoms with Crippen molar-refractivity contribution >= 4 is 6.09 Å². The van der Waals surface area contributed by atoms with Gasteiger partial charge in [0.1, 0.15) is 5.60 Å². The van der Waals surface area contributed by atoms with Gasteiger partial charge in [0, 0.05) is 6.54 Å². The second-order valence-electron chi connectivity index (χ2n) is 6.48. The number of carbonyl (C=O) groups is 1. The van der Waals surface area contributed by atoms with Crippen LogP contribution in [0.2, 0.25) is 0 Å². The van der Waals surface area contributed by atoms with Crippen LogP contribution in [0.1, 0.15) is 38.8 Å². The van der Waals surface area contributed by atoms with E-state index in [0.717, 1.165) is 12.0 Å². The van der Waals surface area contributed by atoms with Gasteiger partial charge in [-0.05, 0) is 38.3 Å². The van der Waals surface area contributed by atoms with E-state index in [1.54, 1.807) is 20.8 Å². The van der Waals surface area contributed by atoms with Gasteiger partial charge >= 0.3 is 6.09 Å². The number of rotatable bonds is 7. The van der Waals surface area contributed by atoms with Gasteiger partial charge in [-0.2, -0.15) is 0 Å². The number of amides is 1. The summed E-state index contributed by atoms with van der Waals surface area (Å²) < 4.78 is 32.3. The minimum Gasteiger partial charge on any atom is -0.444 e. The highest BCUT2D eigenvalue weighted by atomic mass is 19.3. The van der Waals surface area contributed by atoms with E-state index in [1.807, 2.05) is 24.3 Å². The molecule has 4 nitrogen and oxygen atoms in total. The average Bonchev–Trinajstić information content (AvgIpc) is 2.44. The lowest BCUT2D eigenvalue weighted by Gasteiger charge is -2.22. The number of alkyl carbamates (subject to hydrolysis) is 1. The van der Waals surface area contributed by atoms with Crippen LogP contribution in [0.15, 0.2) is 24.3 Å². The summed E-state index contributed by atoms with van der Waals surface area (Å²) in [5, 5.41) is 4.80. The molecule has 1 aromatic rings. The van der Waals surface area contributed by atoms with Gasteiger partial charge < -0.3 is 15.4 Å². The number of hydrogen-bond donors (Lipinski definition) is 2. The number of carbonyl (C=O) groups excluding carboxylic acids is 1. The van der Waals surface area contributed by atoms with Crippen molar-refractivity contribution < 1.29 is 18.3 Å². The maximum Gasteiger partial charge on any atom is 0.407 e. The number of alkyl halides is 2. The predicted molar refractivity (Wildman–Crippen MR) is 86.7 cm³/mol. The van der Waals surface area contributed by atoms with Crippen molar-refractivity contribution in [3.8, 4) is 0 Å². The first kappa shape index (κ1) is 19.4. The van der Waals surface area contributed by atoms with Crippen LogP contribution in [-0.2, 0) is 17.7 Å². The summed E-state index contributed by atoms with van der Waals surface area (Å²) in [7, 11) is 0. The average molecular weight is 328 g/mol. The Hall–Kier alpha value is -1.69. The molecule has 1 amide bonds. The van der Waals surface area contributed by atoms with E-state index in [9.17, 15) is 13.6 Å². The van der Waals surface area contributed by atoms with E-state index in [-0.39, 0.29) is 0 Å². The SMILES string of the molecule is CCc1ccc(CNCC(F)(F)CNC(=O)OC(C)(C)C)cc1. The van der Waals surface area contributed by atoms with Crippen molar-refractivity contribution in [3.05, 3.63) is 35.4 Å². The van der Waals surface area contributed by atoms with Crippen LogP contribution in [-0.4, -0.2) is 30.7 Å². The standard InChI is InChI=1S/C17H26F2N2O2/c1-5-13-6-8-14(9-7-13)10-20-11-17(18,19)12-21-15(22)23-16(2,3)4/h6-9,20H,5,10-12H2,1-4H3,(H,21,22). The monoisotopic (exact) mass is 328 g/mol. The van der Waals surface area contributed by atoms with Gasteiger partial charge in [0.2, 0.25) is 0 Å². The number of hydrogen-bond acceptors (Lipinski definition) is 3. The molecule has 0 bridgehead atoms. The zero-order chi connectivity index (χ0) is 17.5. The van der Waals surface area contributed by atoms with Crippen molar-refractivity contribution in [1.82, 2.24) is 10.6 Å². The highest BCUT2D eigenvalue weighted by Crippen LogP contribution is 2.12. The van der Waals surface area contributed by atoms with E-state index < -0.39 is 30.7 Å². The molecule has 0 spiro atoms. The van der Waals surface area contributed by atoms with Gasteiger partial charge in [0.25, 0.3) is 5.92 Å². The maximum atomic E-state index is 13.7. The summed E-state index contributed by atoms with van der Waals surface area (Å²) in [4.78, 5) is 11.4. The fourth-order valence-electron chi connectivity index (χ4n) is 1.86. The number of nitrogens with one attached hydrogen (secondary N) is 2. The molecule has 2 N–H and O–H groups in total. The molecular formula is C17H26F2N2O2. The van der Waals surface area contributed by atoms with Crippen molar-refractivity contribution in [2.45, 2.75) is 52.2 Å². The van der Waals surface area contributed by atoms with E-state index in [2.05, 4.69) is 17.6 Å². The normalized spacial score (nSPS) is 12.1. The van der Waals surface area contributed by atoms with Crippen molar-refractivity contribution in [2.75, 3.05) is 13.1 Å². The highest BCUT2D eigenvalue weighted by Gasteiger charge is 2.30. The lowest BCUT2D eigenvalue weighted by molar-refractivity contribution is -0.00376. The van der Waals surface area contributed by atoms with E-state index >= 15 is 0 Å². The fourth-order valence-corrected chi connectivity index (χ4v) is 1.86. The van der Waals surface area contributed by atoms with Crippen molar-refractivity contribution in [1.29, 1.82) is 0 Å². The lowest BCUT2D eigenvalue weighted by Crippen LogP contribution is -2.44. The van der Waals surface area contributed by atoms with Crippen molar-refractivity contribution in [3.63, 3.8) is 0 Å². The van der Waals surface area contributed by atoms with Crippen LogP contribution in [0.5, 0.6) is 0 Å². The Morgan fingerprint density at radius 3 is 2.17 bits per heavy atom. The summed E-state index contributed by atoms with van der Waals surface area (Å²) in [5.74, 6) is -3.04. The summed E-state index contributed by atoms with van der Waals surface area (Å²) in [5.41, 5.74) is 1.45. The minimum absolute atomic E-state index is 0.353. The van der Waals surface area contributed by atoms with Crippen LogP contribution in [0.25, 0.3) is 0 Å². The fraction of sp³-hybridized carbons (Fsp3) is 0.588. The van der Waals surface area contributed by atoms with Gasteiger partial charge in [-0.25, -0.2) is 13.6 Å². The maximum absolute atomic E-state index is 13.7. The molecule has 0 radical (unpaired) electrons. The smallest absolute Gasteiger partial charge is 0.407 e. The Kier molecular flexibility index (Phi) is 6.94.